The lowest BCUT2D eigenvalue weighted by molar-refractivity contribution is -0.125. The maximum Gasteiger partial charge on any atom is 0.231 e. The Bertz CT molecular complexity index is 1530. The average molecular weight is 627 g/mol. The van der Waals surface area contributed by atoms with Gasteiger partial charge in [-0.1, -0.05) is 26.0 Å². The van der Waals surface area contributed by atoms with Gasteiger partial charge < -0.3 is 14.3 Å². The molecule has 0 atom stereocenters. The van der Waals surface area contributed by atoms with Crippen molar-refractivity contribution in [3.05, 3.63) is 59.7 Å². The van der Waals surface area contributed by atoms with Crippen molar-refractivity contribution in [2.45, 2.75) is 108 Å². The second-order valence-electron chi connectivity index (χ2n) is 15.1. The van der Waals surface area contributed by atoms with E-state index in [0.29, 0.717) is 24.2 Å². The highest BCUT2D eigenvalue weighted by atomic mass is 16.5. The molecule has 8 nitrogen and oxygen atoms in total. The second kappa shape index (κ2) is 12.4. The Kier molecular flexibility index (Phi) is 8.47. The number of anilines is 1. The van der Waals surface area contributed by atoms with Crippen molar-refractivity contribution in [2.24, 2.45) is 11.3 Å². The van der Waals surface area contributed by atoms with Crippen LogP contribution in [0.1, 0.15) is 101 Å². The molecule has 8 rings (SSSR count). The number of methoxy groups -OCH3 is 1. The van der Waals surface area contributed by atoms with E-state index < -0.39 is 0 Å². The van der Waals surface area contributed by atoms with Crippen LogP contribution in [0.15, 0.2) is 47.1 Å². The molecule has 8 heteroatoms. The predicted molar refractivity (Wildman–Crippen MR) is 179 cm³/mol. The Hall–Kier alpha value is -3.23. The summed E-state index contributed by atoms with van der Waals surface area (Å²) in [4.78, 5) is 28.3. The molecule has 0 unspecified atom stereocenters. The van der Waals surface area contributed by atoms with Crippen LogP contribution in [0.25, 0.3) is 11.3 Å². The molecule has 1 saturated heterocycles. The van der Waals surface area contributed by atoms with Gasteiger partial charge in [-0.2, -0.15) is 0 Å². The molecule has 4 aliphatic carbocycles. The van der Waals surface area contributed by atoms with E-state index in [-0.39, 0.29) is 34.7 Å². The Balaban J connectivity index is 1.13. The standard InChI is InChI=1S/C38H50N4O4/c1-25(2)35-40-21-33(46-35)28-11-18-39-34(20-28)42(36(44)27-5-8-30(9-6-27)41-22-31(43)23-41)24-37-12-15-38(16-13-37,17-14-37)29-7-10-32(45-4)26(3)19-29/h7,10-11,18-21,25,27,30-31,43H,5-6,8-9,12-17,22-24H2,1-4H3. The monoisotopic (exact) mass is 626 g/mol. The lowest BCUT2D eigenvalue weighted by Gasteiger charge is -2.55. The number of ether oxygens (including phenoxy) is 1. The lowest BCUT2D eigenvalue weighted by atomic mass is 9.51. The fraction of sp³-hybridized carbons (Fsp3) is 0.605. The van der Waals surface area contributed by atoms with Gasteiger partial charge in [0.05, 0.1) is 19.4 Å². The molecule has 2 bridgehead atoms. The smallest absolute Gasteiger partial charge is 0.231 e. The zero-order valence-corrected chi connectivity index (χ0v) is 28.0. The van der Waals surface area contributed by atoms with Crippen molar-refractivity contribution in [1.29, 1.82) is 0 Å². The number of amides is 1. The van der Waals surface area contributed by atoms with E-state index in [9.17, 15) is 9.90 Å². The van der Waals surface area contributed by atoms with Gasteiger partial charge in [-0.25, -0.2) is 9.97 Å². The van der Waals surface area contributed by atoms with Crippen LogP contribution >= 0.6 is 0 Å². The molecule has 3 heterocycles. The summed E-state index contributed by atoms with van der Waals surface area (Å²) in [5.41, 5.74) is 3.86. The molecule has 1 aliphatic heterocycles. The van der Waals surface area contributed by atoms with Crippen LogP contribution in [0.2, 0.25) is 0 Å². The van der Waals surface area contributed by atoms with Crippen LogP contribution in [0.4, 0.5) is 5.82 Å². The van der Waals surface area contributed by atoms with E-state index >= 15 is 0 Å². The summed E-state index contributed by atoms with van der Waals surface area (Å²) < 4.78 is 11.7. The predicted octanol–water partition coefficient (Wildman–Crippen LogP) is 7.04. The lowest BCUT2D eigenvalue weighted by Crippen LogP contribution is -2.56. The van der Waals surface area contributed by atoms with Gasteiger partial charge in [-0.3, -0.25) is 14.6 Å². The molecular formula is C38H50N4O4. The van der Waals surface area contributed by atoms with Gasteiger partial charge in [0, 0.05) is 49.3 Å². The number of aliphatic hydroxyl groups excluding tert-OH is 1. The zero-order valence-electron chi connectivity index (χ0n) is 28.0. The summed E-state index contributed by atoms with van der Waals surface area (Å²) in [5.74, 6) is 3.52. The summed E-state index contributed by atoms with van der Waals surface area (Å²) >= 11 is 0. The number of benzene rings is 1. The van der Waals surface area contributed by atoms with Gasteiger partial charge in [-0.15, -0.1) is 0 Å². The third kappa shape index (κ3) is 5.87. The van der Waals surface area contributed by atoms with Crippen LogP contribution in [0.3, 0.4) is 0 Å². The minimum atomic E-state index is -0.188. The summed E-state index contributed by atoms with van der Waals surface area (Å²) in [5, 5.41) is 9.82. The van der Waals surface area contributed by atoms with Crippen LogP contribution in [0, 0.1) is 18.3 Å². The van der Waals surface area contributed by atoms with E-state index in [4.69, 9.17) is 14.1 Å². The Morgan fingerprint density at radius 2 is 1.76 bits per heavy atom. The molecule has 2 aromatic heterocycles. The van der Waals surface area contributed by atoms with E-state index in [1.165, 1.54) is 11.1 Å². The third-order valence-corrected chi connectivity index (χ3v) is 11.9. The van der Waals surface area contributed by atoms with Crippen molar-refractivity contribution in [2.75, 3.05) is 31.6 Å². The fourth-order valence-electron chi connectivity index (χ4n) is 8.85. The number of hydrogen-bond donors (Lipinski definition) is 1. The Labute approximate surface area is 273 Å². The van der Waals surface area contributed by atoms with Crippen LogP contribution in [-0.4, -0.2) is 64.8 Å². The van der Waals surface area contributed by atoms with Crippen molar-refractivity contribution in [3.63, 3.8) is 0 Å². The van der Waals surface area contributed by atoms with Gasteiger partial charge in [0.25, 0.3) is 0 Å². The van der Waals surface area contributed by atoms with Gasteiger partial charge in [0.2, 0.25) is 5.91 Å². The maximum absolute atomic E-state index is 14.6. The minimum absolute atomic E-state index is 0.00400. The maximum atomic E-state index is 14.6. The normalized spacial score (nSPS) is 28.3. The number of aromatic nitrogens is 2. The quantitative estimate of drug-likeness (QED) is 0.272. The first kappa shape index (κ1) is 31.4. The number of carbonyl (C=O) groups is 1. The number of nitrogens with zero attached hydrogens (tertiary/aromatic N) is 4. The highest BCUT2D eigenvalue weighted by molar-refractivity contribution is 5.94. The topological polar surface area (TPSA) is 91.9 Å². The Morgan fingerprint density at radius 3 is 2.37 bits per heavy atom. The third-order valence-electron chi connectivity index (χ3n) is 11.9. The highest BCUT2D eigenvalue weighted by Crippen LogP contribution is 2.58. The largest absolute Gasteiger partial charge is 0.496 e. The number of oxazole rings is 1. The number of aliphatic hydroxyl groups is 1. The van der Waals surface area contributed by atoms with Crippen molar-refractivity contribution >= 4 is 11.7 Å². The molecule has 5 aliphatic rings. The molecule has 4 saturated carbocycles. The number of β-amino-alcohol motifs (C(OH)–C–C–N with tert-alkyl or cyclic N) is 1. The minimum Gasteiger partial charge on any atom is -0.496 e. The molecule has 0 spiro atoms. The SMILES string of the molecule is COc1ccc(C23CCC(CN(C(=O)C4CCC(N5CC(O)C5)CC4)c4cc(-c5cnc(C(C)C)o5)ccn4)(CC2)CC3)cc1C. The molecule has 46 heavy (non-hydrogen) atoms. The van der Waals surface area contributed by atoms with Crippen LogP contribution in [-0.2, 0) is 10.2 Å². The van der Waals surface area contributed by atoms with Crippen molar-refractivity contribution < 1.29 is 19.1 Å². The van der Waals surface area contributed by atoms with Crippen molar-refractivity contribution in [1.82, 2.24) is 14.9 Å². The van der Waals surface area contributed by atoms with Gasteiger partial charge in [0.15, 0.2) is 11.7 Å². The number of rotatable bonds is 9. The molecule has 3 aromatic rings. The van der Waals surface area contributed by atoms with Crippen molar-refractivity contribution in [3.8, 4) is 17.1 Å². The summed E-state index contributed by atoms with van der Waals surface area (Å²) in [6, 6.07) is 11.2. The number of aryl methyl sites for hydroxylation is 1. The average Bonchev–Trinajstić information content (AvgIpc) is 3.58. The molecule has 5 fully saturated rings. The fourth-order valence-corrected chi connectivity index (χ4v) is 8.85. The first-order valence-electron chi connectivity index (χ1n) is 17.5. The summed E-state index contributed by atoms with van der Waals surface area (Å²) in [6.45, 7) is 8.54. The zero-order chi connectivity index (χ0) is 32.1. The molecular weight excluding hydrogens is 576 g/mol. The molecule has 0 radical (unpaired) electrons. The van der Waals surface area contributed by atoms with E-state index in [1.54, 1.807) is 13.3 Å². The molecule has 1 amide bonds. The number of likely N-dealkylation sites (tertiary alicyclic amines) is 1. The van der Waals surface area contributed by atoms with Gasteiger partial charge >= 0.3 is 0 Å². The summed E-state index contributed by atoms with van der Waals surface area (Å²) in [7, 11) is 1.74. The summed E-state index contributed by atoms with van der Waals surface area (Å²) in [6.07, 6.45) is 14.0. The van der Waals surface area contributed by atoms with Crippen LogP contribution < -0.4 is 9.64 Å². The second-order valence-corrected chi connectivity index (χ2v) is 15.1. The number of fused-ring (bicyclic) bond motifs is 3. The first-order valence-corrected chi connectivity index (χ1v) is 17.5. The van der Waals surface area contributed by atoms with Crippen LogP contribution in [0.5, 0.6) is 5.75 Å². The number of carbonyl (C=O) groups excluding carboxylic acids is 1. The van der Waals surface area contributed by atoms with E-state index in [2.05, 4.69) is 53.8 Å². The molecule has 246 valence electrons. The molecule has 1 aromatic carbocycles. The van der Waals surface area contributed by atoms with Gasteiger partial charge in [0.1, 0.15) is 11.6 Å². The highest BCUT2D eigenvalue weighted by Gasteiger charge is 2.51. The Morgan fingerprint density at radius 1 is 1.04 bits per heavy atom. The van der Waals surface area contributed by atoms with Gasteiger partial charge in [-0.05, 0) is 111 Å². The number of pyridine rings is 1. The first-order chi connectivity index (χ1) is 22.2. The van der Waals surface area contributed by atoms with E-state index in [1.807, 2.05) is 18.3 Å². The molecule has 1 N–H and O–H groups in total. The number of hydrogen-bond acceptors (Lipinski definition) is 7. The van der Waals surface area contributed by atoms with E-state index in [0.717, 1.165) is 94.4 Å².